The smallest absolute Gasteiger partial charge is 0.330 e. The number of hydrogen-bond acceptors (Lipinski definition) is 6. The standard InChI is InChI=1S/C27H32N4O5/c1-19(36-18-22-14-8-9-15-35-22)26(33)30(16-20-10-4-2-5-11-20)23-24(28)31(27(34)29-25(23)32)17-21-12-6-3-7-13-21/h2-7,10-13,19,22H,8-9,14-18,28H2,1H3,(H,29,32,34). The fourth-order valence-electron chi connectivity index (χ4n) is 4.28. The molecule has 1 aliphatic rings. The van der Waals surface area contributed by atoms with Crippen molar-refractivity contribution in [2.24, 2.45) is 0 Å². The largest absolute Gasteiger partial charge is 0.383 e. The highest BCUT2D eigenvalue weighted by molar-refractivity contribution is 5.98. The zero-order valence-corrected chi connectivity index (χ0v) is 20.4. The van der Waals surface area contributed by atoms with Crippen molar-refractivity contribution in [2.45, 2.75) is 51.5 Å². The number of rotatable bonds is 9. The molecular weight excluding hydrogens is 460 g/mol. The number of aromatic amines is 1. The van der Waals surface area contributed by atoms with E-state index in [1.807, 2.05) is 60.7 Å². The third-order valence-corrected chi connectivity index (χ3v) is 6.27. The summed E-state index contributed by atoms with van der Waals surface area (Å²) in [5.74, 6) is -0.517. The number of carbonyl (C=O) groups excluding carboxylic acids is 1. The molecule has 0 saturated carbocycles. The molecule has 1 amide bonds. The summed E-state index contributed by atoms with van der Waals surface area (Å²) in [5, 5.41) is 0. The molecule has 0 radical (unpaired) electrons. The first-order chi connectivity index (χ1) is 17.4. The lowest BCUT2D eigenvalue weighted by molar-refractivity contribution is -0.133. The lowest BCUT2D eigenvalue weighted by atomic mass is 10.1. The van der Waals surface area contributed by atoms with E-state index in [0.29, 0.717) is 6.61 Å². The van der Waals surface area contributed by atoms with Gasteiger partial charge < -0.3 is 15.2 Å². The topological polar surface area (TPSA) is 120 Å². The maximum Gasteiger partial charge on any atom is 0.330 e. The number of benzene rings is 2. The van der Waals surface area contributed by atoms with Crippen LogP contribution in [0.1, 0.15) is 37.3 Å². The van der Waals surface area contributed by atoms with E-state index in [9.17, 15) is 14.4 Å². The van der Waals surface area contributed by atoms with E-state index in [1.54, 1.807) is 6.92 Å². The van der Waals surface area contributed by atoms with Crippen molar-refractivity contribution < 1.29 is 14.3 Å². The minimum absolute atomic E-state index is 0.0576. The summed E-state index contributed by atoms with van der Waals surface area (Å²) < 4.78 is 12.8. The Hall–Kier alpha value is -3.69. The molecule has 9 nitrogen and oxygen atoms in total. The molecule has 3 N–H and O–H groups in total. The second-order valence-corrected chi connectivity index (χ2v) is 8.94. The van der Waals surface area contributed by atoms with E-state index < -0.39 is 23.3 Å². The van der Waals surface area contributed by atoms with Crippen molar-refractivity contribution >= 4 is 17.4 Å². The van der Waals surface area contributed by atoms with Crippen LogP contribution in [0.4, 0.5) is 11.5 Å². The summed E-state index contributed by atoms with van der Waals surface area (Å²) in [4.78, 5) is 43.0. The van der Waals surface area contributed by atoms with Gasteiger partial charge in [-0.2, -0.15) is 0 Å². The molecular formula is C27H32N4O5. The van der Waals surface area contributed by atoms with E-state index in [0.717, 1.165) is 30.4 Å². The van der Waals surface area contributed by atoms with Crippen LogP contribution >= 0.6 is 0 Å². The minimum atomic E-state index is -0.854. The number of nitrogen functional groups attached to an aromatic ring is 1. The first-order valence-corrected chi connectivity index (χ1v) is 12.2. The molecule has 1 aromatic heterocycles. The molecule has 2 atom stereocenters. The van der Waals surface area contributed by atoms with Gasteiger partial charge in [0.05, 0.1) is 25.8 Å². The Kier molecular flexibility index (Phi) is 8.35. The highest BCUT2D eigenvalue weighted by atomic mass is 16.5. The van der Waals surface area contributed by atoms with Crippen LogP contribution < -0.4 is 21.9 Å². The predicted octanol–water partition coefficient (Wildman–Crippen LogP) is 2.67. The number of carbonyl (C=O) groups is 1. The Bertz CT molecular complexity index is 1270. The van der Waals surface area contributed by atoms with Crippen LogP contribution in [-0.2, 0) is 27.4 Å². The van der Waals surface area contributed by atoms with Gasteiger partial charge in [-0.1, -0.05) is 60.7 Å². The van der Waals surface area contributed by atoms with Gasteiger partial charge in [-0.05, 0) is 37.3 Å². The second kappa shape index (κ2) is 11.8. The number of amides is 1. The van der Waals surface area contributed by atoms with Crippen LogP contribution in [0.25, 0.3) is 0 Å². The van der Waals surface area contributed by atoms with E-state index in [1.165, 1.54) is 9.47 Å². The molecule has 190 valence electrons. The van der Waals surface area contributed by atoms with Gasteiger partial charge in [0.15, 0.2) is 5.69 Å². The second-order valence-electron chi connectivity index (χ2n) is 8.94. The quantitative estimate of drug-likeness (QED) is 0.474. The summed E-state index contributed by atoms with van der Waals surface area (Å²) in [7, 11) is 0. The Morgan fingerprint density at radius 2 is 1.78 bits per heavy atom. The number of ether oxygens (including phenoxy) is 2. The highest BCUT2D eigenvalue weighted by Gasteiger charge is 2.29. The van der Waals surface area contributed by atoms with Gasteiger partial charge >= 0.3 is 5.69 Å². The van der Waals surface area contributed by atoms with Crippen LogP contribution in [0.2, 0.25) is 0 Å². The lowest BCUT2D eigenvalue weighted by Gasteiger charge is -2.28. The van der Waals surface area contributed by atoms with Crippen LogP contribution in [0, 0.1) is 0 Å². The molecule has 0 aliphatic carbocycles. The molecule has 9 heteroatoms. The Labute approximate surface area is 209 Å². The average Bonchev–Trinajstić information content (AvgIpc) is 2.90. The molecule has 1 fully saturated rings. The third kappa shape index (κ3) is 6.10. The highest BCUT2D eigenvalue weighted by Crippen LogP contribution is 2.22. The molecule has 2 aromatic carbocycles. The maximum atomic E-state index is 13.6. The SMILES string of the molecule is CC(OCC1CCCCO1)C(=O)N(Cc1ccccc1)c1c(N)n(Cc2ccccc2)c(=O)[nH]c1=O. The Balaban J connectivity index is 1.67. The van der Waals surface area contributed by atoms with E-state index in [2.05, 4.69) is 4.98 Å². The summed E-state index contributed by atoms with van der Waals surface area (Å²) >= 11 is 0. The first kappa shape index (κ1) is 25.4. The van der Waals surface area contributed by atoms with Crippen molar-refractivity contribution in [1.82, 2.24) is 9.55 Å². The molecule has 1 aliphatic heterocycles. The molecule has 4 rings (SSSR count). The van der Waals surface area contributed by atoms with Gasteiger partial charge in [0.25, 0.3) is 11.5 Å². The van der Waals surface area contributed by atoms with Crippen molar-refractivity contribution in [1.29, 1.82) is 0 Å². The predicted molar refractivity (Wildman–Crippen MR) is 138 cm³/mol. The molecule has 2 heterocycles. The van der Waals surface area contributed by atoms with Gasteiger partial charge in [-0.15, -0.1) is 0 Å². The van der Waals surface area contributed by atoms with Gasteiger partial charge in [0.1, 0.15) is 11.9 Å². The van der Waals surface area contributed by atoms with E-state index in [-0.39, 0.29) is 37.3 Å². The van der Waals surface area contributed by atoms with Gasteiger partial charge in [-0.25, -0.2) is 4.79 Å². The number of hydrogen-bond donors (Lipinski definition) is 2. The summed E-state index contributed by atoms with van der Waals surface area (Å²) in [6.07, 6.45) is 2.05. The van der Waals surface area contributed by atoms with Crippen LogP contribution in [0.5, 0.6) is 0 Å². The zero-order valence-electron chi connectivity index (χ0n) is 20.4. The number of nitrogens with zero attached hydrogens (tertiary/aromatic N) is 2. The normalized spacial score (nSPS) is 16.4. The fraction of sp³-hybridized carbons (Fsp3) is 0.370. The van der Waals surface area contributed by atoms with Crippen LogP contribution in [0.15, 0.2) is 70.3 Å². The Morgan fingerprint density at radius 1 is 1.11 bits per heavy atom. The number of aromatic nitrogens is 2. The molecule has 0 bridgehead atoms. The first-order valence-electron chi connectivity index (χ1n) is 12.2. The number of nitrogens with one attached hydrogen (secondary N) is 1. The number of anilines is 2. The Morgan fingerprint density at radius 3 is 2.42 bits per heavy atom. The minimum Gasteiger partial charge on any atom is -0.383 e. The maximum absolute atomic E-state index is 13.6. The molecule has 36 heavy (non-hydrogen) atoms. The number of nitrogens with two attached hydrogens (primary N) is 1. The fourth-order valence-corrected chi connectivity index (χ4v) is 4.28. The van der Waals surface area contributed by atoms with Crippen LogP contribution in [0.3, 0.4) is 0 Å². The van der Waals surface area contributed by atoms with Crippen molar-refractivity contribution in [3.8, 4) is 0 Å². The van der Waals surface area contributed by atoms with Crippen molar-refractivity contribution in [3.05, 3.63) is 92.6 Å². The molecule has 1 saturated heterocycles. The van der Waals surface area contributed by atoms with Crippen LogP contribution in [-0.4, -0.2) is 40.9 Å². The molecule has 3 aromatic rings. The van der Waals surface area contributed by atoms with E-state index >= 15 is 0 Å². The van der Waals surface area contributed by atoms with Gasteiger partial charge in [0, 0.05) is 6.61 Å². The lowest BCUT2D eigenvalue weighted by Crippen LogP contribution is -2.45. The van der Waals surface area contributed by atoms with Crippen molar-refractivity contribution in [3.63, 3.8) is 0 Å². The molecule has 2 unspecified atom stereocenters. The monoisotopic (exact) mass is 492 g/mol. The molecule has 0 spiro atoms. The summed E-state index contributed by atoms with van der Waals surface area (Å²) in [5.41, 5.74) is 6.58. The number of H-pyrrole nitrogens is 1. The van der Waals surface area contributed by atoms with Crippen molar-refractivity contribution in [2.75, 3.05) is 23.8 Å². The summed E-state index contributed by atoms with van der Waals surface area (Å²) in [6, 6.07) is 18.6. The zero-order chi connectivity index (χ0) is 25.5. The third-order valence-electron chi connectivity index (χ3n) is 6.27. The van der Waals surface area contributed by atoms with Gasteiger partial charge in [0.2, 0.25) is 0 Å². The average molecular weight is 493 g/mol. The summed E-state index contributed by atoms with van der Waals surface area (Å²) in [6.45, 7) is 2.85. The van der Waals surface area contributed by atoms with E-state index in [4.69, 9.17) is 15.2 Å². The van der Waals surface area contributed by atoms with Gasteiger partial charge in [-0.3, -0.25) is 24.0 Å².